The number of rotatable bonds is 3. The van der Waals surface area contributed by atoms with Crippen LogP contribution in [0, 0.1) is 0 Å². The second-order valence-corrected chi connectivity index (χ2v) is 4.75. The van der Waals surface area contributed by atoms with Crippen LogP contribution in [-0.2, 0) is 9.47 Å². The van der Waals surface area contributed by atoms with E-state index < -0.39 is 5.79 Å². The molecule has 1 aromatic heterocycles. The number of nitrogens with one attached hydrogen (secondary N) is 1. The first-order chi connectivity index (χ1) is 7.57. The highest BCUT2D eigenvalue weighted by Crippen LogP contribution is 2.21. The highest BCUT2D eigenvalue weighted by molar-refractivity contribution is 7.07. The van der Waals surface area contributed by atoms with Gasteiger partial charge in [0.1, 0.15) is 11.8 Å². The summed E-state index contributed by atoms with van der Waals surface area (Å²) in [4.78, 5) is 15.5. The van der Waals surface area contributed by atoms with Crippen molar-refractivity contribution >= 4 is 17.2 Å². The molecule has 1 atom stereocenters. The highest BCUT2D eigenvalue weighted by atomic mass is 32.1. The molecule has 1 aliphatic heterocycles. The lowest BCUT2D eigenvalue weighted by Crippen LogP contribution is -2.34. The maximum Gasteiger partial charge on any atom is 0.270 e. The van der Waals surface area contributed by atoms with Crippen LogP contribution in [0.1, 0.15) is 24.3 Å². The first-order valence-corrected chi connectivity index (χ1v) is 5.99. The van der Waals surface area contributed by atoms with E-state index in [-0.39, 0.29) is 12.0 Å². The molecule has 0 aliphatic carbocycles. The standard InChI is InChI=1S/C10H14N2O3S/c1-10(2)14-4-7(15-10)3-11-9(13)8-5-16-6-12-8/h5-7H,3-4H2,1-2H3,(H,11,13). The molecule has 88 valence electrons. The molecule has 6 heteroatoms. The second-order valence-electron chi connectivity index (χ2n) is 4.03. The van der Waals surface area contributed by atoms with Gasteiger partial charge in [-0.3, -0.25) is 4.79 Å². The normalized spacial score (nSPS) is 23.2. The van der Waals surface area contributed by atoms with Gasteiger partial charge in [0.25, 0.3) is 5.91 Å². The molecule has 5 nitrogen and oxygen atoms in total. The van der Waals surface area contributed by atoms with Gasteiger partial charge in [-0.15, -0.1) is 11.3 Å². The Morgan fingerprint density at radius 3 is 3.12 bits per heavy atom. The molecule has 1 N–H and O–H groups in total. The minimum absolute atomic E-state index is 0.0856. The van der Waals surface area contributed by atoms with Crippen LogP contribution in [-0.4, -0.2) is 35.9 Å². The number of hydrogen-bond donors (Lipinski definition) is 1. The van der Waals surface area contributed by atoms with Crippen LogP contribution in [0.5, 0.6) is 0 Å². The van der Waals surface area contributed by atoms with E-state index in [1.54, 1.807) is 10.9 Å². The maximum absolute atomic E-state index is 11.6. The van der Waals surface area contributed by atoms with Gasteiger partial charge in [0.2, 0.25) is 0 Å². The Kier molecular flexibility index (Phi) is 3.22. The minimum atomic E-state index is -0.546. The Balaban J connectivity index is 1.79. The Morgan fingerprint density at radius 2 is 2.56 bits per heavy atom. The Morgan fingerprint density at radius 1 is 1.75 bits per heavy atom. The Hall–Kier alpha value is -0.980. The van der Waals surface area contributed by atoms with Crippen molar-refractivity contribution in [2.24, 2.45) is 0 Å². The van der Waals surface area contributed by atoms with Crippen molar-refractivity contribution in [2.75, 3.05) is 13.2 Å². The molecule has 1 saturated heterocycles. The molecule has 2 heterocycles. The zero-order chi connectivity index (χ0) is 11.6. The van der Waals surface area contributed by atoms with Crippen LogP contribution in [0.3, 0.4) is 0 Å². The molecule has 0 aromatic carbocycles. The summed E-state index contributed by atoms with van der Waals surface area (Å²) in [6.45, 7) is 4.66. The van der Waals surface area contributed by atoms with Gasteiger partial charge in [-0.1, -0.05) is 0 Å². The summed E-state index contributed by atoms with van der Waals surface area (Å²) in [6.07, 6.45) is -0.0856. The fourth-order valence-electron chi connectivity index (χ4n) is 1.49. The van der Waals surface area contributed by atoms with Crippen molar-refractivity contribution in [2.45, 2.75) is 25.7 Å². The second kappa shape index (κ2) is 4.48. The molecular weight excluding hydrogens is 228 g/mol. The number of thiazole rings is 1. The third kappa shape index (κ3) is 2.78. The van der Waals surface area contributed by atoms with E-state index in [4.69, 9.17) is 9.47 Å². The summed E-state index contributed by atoms with van der Waals surface area (Å²) in [5.41, 5.74) is 2.08. The fraction of sp³-hybridized carbons (Fsp3) is 0.600. The van der Waals surface area contributed by atoms with Crippen LogP contribution in [0.25, 0.3) is 0 Å². The largest absolute Gasteiger partial charge is 0.348 e. The zero-order valence-electron chi connectivity index (χ0n) is 9.23. The highest BCUT2D eigenvalue weighted by Gasteiger charge is 2.32. The number of hydrogen-bond acceptors (Lipinski definition) is 5. The van der Waals surface area contributed by atoms with Crippen molar-refractivity contribution in [1.29, 1.82) is 0 Å². The quantitative estimate of drug-likeness (QED) is 0.859. The van der Waals surface area contributed by atoms with E-state index in [0.29, 0.717) is 18.8 Å². The van der Waals surface area contributed by atoms with Gasteiger partial charge in [-0.2, -0.15) is 0 Å². The number of carbonyl (C=O) groups is 1. The van der Waals surface area contributed by atoms with E-state index in [9.17, 15) is 4.79 Å². The summed E-state index contributed by atoms with van der Waals surface area (Å²) in [6, 6.07) is 0. The molecule has 1 fully saturated rings. The summed E-state index contributed by atoms with van der Waals surface area (Å²) >= 11 is 1.40. The van der Waals surface area contributed by atoms with Crippen molar-refractivity contribution in [3.63, 3.8) is 0 Å². The van der Waals surface area contributed by atoms with E-state index in [1.807, 2.05) is 13.8 Å². The molecule has 0 saturated carbocycles. The molecule has 1 aromatic rings. The number of ether oxygens (including phenoxy) is 2. The summed E-state index contributed by atoms with van der Waals surface area (Å²) < 4.78 is 11.0. The van der Waals surface area contributed by atoms with Crippen molar-refractivity contribution < 1.29 is 14.3 Å². The molecule has 0 bridgehead atoms. The Labute approximate surface area is 97.8 Å². The van der Waals surface area contributed by atoms with Gasteiger partial charge in [0.15, 0.2) is 5.79 Å². The van der Waals surface area contributed by atoms with Gasteiger partial charge in [0, 0.05) is 11.9 Å². The number of aromatic nitrogens is 1. The zero-order valence-corrected chi connectivity index (χ0v) is 10.0. The van der Waals surface area contributed by atoms with Gasteiger partial charge in [-0.25, -0.2) is 4.98 Å². The third-order valence-electron chi connectivity index (χ3n) is 2.22. The summed E-state index contributed by atoms with van der Waals surface area (Å²) in [5, 5.41) is 4.48. The van der Waals surface area contributed by atoms with Gasteiger partial charge in [-0.05, 0) is 13.8 Å². The van der Waals surface area contributed by atoms with Crippen LogP contribution < -0.4 is 5.32 Å². The molecule has 2 rings (SSSR count). The van der Waals surface area contributed by atoms with E-state index in [2.05, 4.69) is 10.3 Å². The van der Waals surface area contributed by atoms with Crippen molar-refractivity contribution in [3.8, 4) is 0 Å². The monoisotopic (exact) mass is 242 g/mol. The molecule has 1 amide bonds. The lowest BCUT2D eigenvalue weighted by atomic mass is 10.3. The van der Waals surface area contributed by atoms with E-state index in [1.165, 1.54) is 11.3 Å². The smallest absolute Gasteiger partial charge is 0.270 e. The van der Waals surface area contributed by atoms with Crippen LogP contribution in [0.4, 0.5) is 0 Å². The predicted octanol–water partition coefficient (Wildman–Crippen LogP) is 1.02. The molecule has 0 spiro atoms. The molecule has 0 radical (unpaired) electrons. The fourth-order valence-corrected chi connectivity index (χ4v) is 2.02. The SMILES string of the molecule is CC1(C)OCC(CNC(=O)c2cscn2)O1. The lowest BCUT2D eigenvalue weighted by molar-refractivity contribution is -0.137. The topological polar surface area (TPSA) is 60.5 Å². The third-order valence-corrected chi connectivity index (χ3v) is 2.81. The summed E-state index contributed by atoms with van der Waals surface area (Å²) in [5.74, 6) is -0.717. The van der Waals surface area contributed by atoms with Gasteiger partial charge in [0.05, 0.1) is 12.1 Å². The van der Waals surface area contributed by atoms with Crippen molar-refractivity contribution in [3.05, 3.63) is 16.6 Å². The average molecular weight is 242 g/mol. The van der Waals surface area contributed by atoms with E-state index in [0.717, 1.165) is 0 Å². The maximum atomic E-state index is 11.6. The first-order valence-electron chi connectivity index (χ1n) is 5.05. The predicted molar refractivity (Wildman–Crippen MR) is 59.4 cm³/mol. The minimum Gasteiger partial charge on any atom is -0.348 e. The summed E-state index contributed by atoms with van der Waals surface area (Å²) in [7, 11) is 0. The van der Waals surface area contributed by atoms with Gasteiger partial charge >= 0.3 is 0 Å². The Bertz CT molecular complexity index is 364. The first kappa shape index (κ1) is 11.5. The molecule has 1 unspecified atom stereocenters. The molecule has 16 heavy (non-hydrogen) atoms. The van der Waals surface area contributed by atoms with Crippen LogP contribution >= 0.6 is 11.3 Å². The average Bonchev–Trinajstić information content (AvgIpc) is 2.83. The van der Waals surface area contributed by atoms with Crippen LogP contribution in [0.15, 0.2) is 10.9 Å². The number of amides is 1. The molecule has 1 aliphatic rings. The van der Waals surface area contributed by atoms with Gasteiger partial charge < -0.3 is 14.8 Å². The van der Waals surface area contributed by atoms with Crippen LogP contribution in [0.2, 0.25) is 0 Å². The number of nitrogens with zero attached hydrogens (tertiary/aromatic N) is 1. The van der Waals surface area contributed by atoms with Crippen molar-refractivity contribution in [1.82, 2.24) is 10.3 Å². The number of carbonyl (C=O) groups excluding carboxylic acids is 1. The lowest BCUT2D eigenvalue weighted by Gasteiger charge is -2.17. The molecular formula is C10H14N2O3S. The van der Waals surface area contributed by atoms with E-state index >= 15 is 0 Å².